The lowest BCUT2D eigenvalue weighted by Gasteiger charge is -2.29. The van der Waals surface area contributed by atoms with Gasteiger partial charge in [-0.15, -0.1) is 0 Å². The number of likely N-dealkylation sites (tertiary alicyclic amines) is 1. The SMILES string of the molecule is CC1CCN(Cc2cccc(C(=O)O)n2)CC1. The van der Waals surface area contributed by atoms with Crippen LogP contribution >= 0.6 is 0 Å². The standard InChI is InChI=1S/C13H18N2O2/c1-10-5-7-15(8-6-10)9-11-3-2-4-12(14-11)13(16)17/h2-4,10H,5-9H2,1H3,(H,16,17). The molecule has 4 heteroatoms. The quantitative estimate of drug-likeness (QED) is 0.869. The van der Waals surface area contributed by atoms with E-state index >= 15 is 0 Å². The number of piperidine rings is 1. The van der Waals surface area contributed by atoms with E-state index in [4.69, 9.17) is 5.11 Å². The first kappa shape index (κ1) is 12.0. The number of rotatable bonds is 3. The van der Waals surface area contributed by atoms with Gasteiger partial charge in [0.1, 0.15) is 5.69 Å². The Kier molecular flexibility index (Phi) is 3.74. The summed E-state index contributed by atoms with van der Waals surface area (Å²) in [6.45, 7) is 5.20. The minimum Gasteiger partial charge on any atom is -0.477 e. The van der Waals surface area contributed by atoms with E-state index in [9.17, 15) is 4.79 Å². The predicted octanol–water partition coefficient (Wildman–Crippen LogP) is 2.01. The van der Waals surface area contributed by atoms with E-state index in [1.165, 1.54) is 18.9 Å². The first-order valence-corrected chi connectivity index (χ1v) is 6.07. The highest BCUT2D eigenvalue weighted by Gasteiger charge is 2.16. The van der Waals surface area contributed by atoms with Crippen molar-refractivity contribution in [3.05, 3.63) is 29.6 Å². The summed E-state index contributed by atoms with van der Waals surface area (Å²) in [5.74, 6) is -0.149. The Morgan fingerprint density at radius 3 is 2.82 bits per heavy atom. The molecule has 0 aliphatic carbocycles. The number of carboxylic acid groups (broad SMARTS) is 1. The highest BCUT2D eigenvalue weighted by Crippen LogP contribution is 2.17. The molecule has 0 spiro atoms. The first-order chi connectivity index (χ1) is 8.15. The fraction of sp³-hybridized carbons (Fsp3) is 0.538. The van der Waals surface area contributed by atoms with Crippen molar-refractivity contribution in [2.24, 2.45) is 5.92 Å². The number of hydrogen-bond acceptors (Lipinski definition) is 3. The van der Waals surface area contributed by atoms with Crippen LogP contribution in [0.3, 0.4) is 0 Å². The van der Waals surface area contributed by atoms with Crippen LogP contribution in [0, 0.1) is 5.92 Å². The third-order valence-electron chi connectivity index (χ3n) is 3.29. The monoisotopic (exact) mass is 234 g/mol. The van der Waals surface area contributed by atoms with E-state index in [2.05, 4.69) is 16.8 Å². The van der Waals surface area contributed by atoms with Crippen LogP contribution in [0.1, 0.15) is 35.9 Å². The number of aromatic carboxylic acids is 1. The van der Waals surface area contributed by atoms with Crippen LogP contribution in [0.2, 0.25) is 0 Å². The summed E-state index contributed by atoms with van der Waals surface area (Å²) in [6, 6.07) is 5.19. The lowest BCUT2D eigenvalue weighted by molar-refractivity contribution is 0.0689. The molecule has 1 aromatic heterocycles. The summed E-state index contributed by atoms with van der Waals surface area (Å²) in [6.07, 6.45) is 2.44. The van der Waals surface area contributed by atoms with Crippen LogP contribution in [0.4, 0.5) is 0 Å². The van der Waals surface area contributed by atoms with Crippen LogP contribution in [0.15, 0.2) is 18.2 Å². The lowest BCUT2D eigenvalue weighted by Crippen LogP contribution is -2.32. The average molecular weight is 234 g/mol. The van der Waals surface area contributed by atoms with Crippen molar-refractivity contribution in [1.29, 1.82) is 0 Å². The molecule has 1 aromatic rings. The summed E-state index contributed by atoms with van der Waals surface area (Å²) in [5, 5.41) is 8.87. The molecule has 0 unspecified atom stereocenters. The highest BCUT2D eigenvalue weighted by molar-refractivity contribution is 5.85. The number of carbonyl (C=O) groups is 1. The Labute approximate surface area is 101 Å². The zero-order chi connectivity index (χ0) is 12.3. The molecule has 0 radical (unpaired) electrons. The average Bonchev–Trinajstić information content (AvgIpc) is 2.32. The molecule has 1 aliphatic rings. The van der Waals surface area contributed by atoms with Crippen LogP contribution < -0.4 is 0 Å². The van der Waals surface area contributed by atoms with Gasteiger partial charge in [-0.3, -0.25) is 4.90 Å². The van der Waals surface area contributed by atoms with Crippen molar-refractivity contribution in [3.63, 3.8) is 0 Å². The summed E-state index contributed by atoms with van der Waals surface area (Å²) in [4.78, 5) is 17.3. The van der Waals surface area contributed by atoms with Crippen molar-refractivity contribution < 1.29 is 9.90 Å². The van der Waals surface area contributed by atoms with E-state index in [1.807, 2.05) is 6.07 Å². The molecule has 4 nitrogen and oxygen atoms in total. The number of carboxylic acids is 1. The maximum atomic E-state index is 10.8. The number of pyridine rings is 1. The number of aromatic nitrogens is 1. The Hall–Kier alpha value is -1.42. The van der Waals surface area contributed by atoms with E-state index in [1.54, 1.807) is 6.07 Å². The molecule has 1 aliphatic heterocycles. The third-order valence-corrected chi connectivity index (χ3v) is 3.29. The minimum absolute atomic E-state index is 0.132. The van der Waals surface area contributed by atoms with E-state index < -0.39 is 5.97 Å². The summed E-state index contributed by atoms with van der Waals surface area (Å²) >= 11 is 0. The molecule has 0 amide bonds. The molecular formula is C13H18N2O2. The van der Waals surface area contributed by atoms with Crippen molar-refractivity contribution in [1.82, 2.24) is 9.88 Å². The maximum Gasteiger partial charge on any atom is 0.354 e. The minimum atomic E-state index is -0.959. The zero-order valence-corrected chi connectivity index (χ0v) is 10.1. The molecule has 0 aromatic carbocycles. The van der Waals surface area contributed by atoms with Gasteiger partial charge in [-0.05, 0) is 44.0 Å². The van der Waals surface area contributed by atoms with Gasteiger partial charge < -0.3 is 5.11 Å². The van der Waals surface area contributed by atoms with E-state index in [-0.39, 0.29) is 5.69 Å². The maximum absolute atomic E-state index is 10.8. The van der Waals surface area contributed by atoms with Crippen molar-refractivity contribution in [3.8, 4) is 0 Å². The van der Waals surface area contributed by atoms with Gasteiger partial charge in [0.05, 0.1) is 5.69 Å². The molecule has 0 bridgehead atoms. The Balaban J connectivity index is 1.98. The van der Waals surface area contributed by atoms with Crippen LogP contribution in [0.5, 0.6) is 0 Å². The molecule has 1 saturated heterocycles. The molecular weight excluding hydrogens is 216 g/mol. The lowest BCUT2D eigenvalue weighted by atomic mass is 9.99. The molecule has 0 saturated carbocycles. The molecule has 2 rings (SSSR count). The summed E-state index contributed by atoms with van der Waals surface area (Å²) in [7, 11) is 0. The van der Waals surface area contributed by atoms with Gasteiger partial charge in [-0.25, -0.2) is 9.78 Å². The Morgan fingerprint density at radius 2 is 2.18 bits per heavy atom. The summed E-state index contributed by atoms with van der Waals surface area (Å²) < 4.78 is 0. The molecule has 2 heterocycles. The fourth-order valence-electron chi connectivity index (χ4n) is 2.14. The smallest absolute Gasteiger partial charge is 0.354 e. The van der Waals surface area contributed by atoms with Crippen LogP contribution in [-0.4, -0.2) is 34.0 Å². The zero-order valence-electron chi connectivity index (χ0n) is 10.1. The highest BCUT2D eigenvalue weighted by atomic mass is 16.4. The van der Waals surface area contributed by atoms with Gasteiger partial charge in [-0.1, -0.05) is 13.0 Å². The van der Waals surface area contributed by atoms with Gasteiger partial charge >= 0.3 is 5.97 Å². The Morgan fingerprint density at radius 1 is 1.47 bits per heavy atom. The second kappa shape index (κ2) is 5.27. The number of hydrogen-bond donors (Lipinski definition) is 1. The van der Waals surface area contributed by atoms with Crippen LogP contribution in [-0.2, 0) is 6.54 Å². The normalized spacial score (nSPS) is 18.2. The van der Waals surface area contributed by atoms with Crippen molar-refractivity contribution in [2.45, 2.75) is 26.3 Å². The largest absolute Gasteiger partial charge is 0.477 e. The van der Waals surface area contributed by atoms with Gasteiger partial charge in [0.2, 0.25) is 0 Å². The van der Waals surface area contributed by atoms with Crippen LogP contribution in [0.25, 0.3) is 0 Å². The van der Waals surface area contributed by atoms with Crippen molar-refractivity contribution in [2.75, 3.05) is 13.1 Å². The first-order valence-electron chi connectivity index (χ1n) is 6.07. The van der Waals surface area contributed by atoms with Gasteiger partial charge in [-0.2, -0.15) is 0 Å². The summed E-state index contributed by atoms with van der Waals surface area (Å²) in [5.41, 5.74) is 0.979. The fourth-order valence-corrected chi connectivity index (χ4v) is 2.14. The van der Waals surface area contributed by atoms with Gasteiger partial charge in [0.25, 0.3) is 0 Å². The van der Waals surface area contributed by atoms with Gasteiger partial charge in [0.15, 0.2) is 0 Å². The van der Waals surface area contributed by atoms with Crippen molar-refractivity contribution >= 4 is 5.97 Å². The number of nitrogens with zero attached hydrogens (tertiary/aromatic N) is 2. The van der Waals surface area contributed by atoms with E-state index in [0.717, 1.165) is 31.2 Å². The Bertz CT molecular complexity index is 398. The predicted molar refractivity (Wildman–Crippen MR) is 64.9 cm³/mol. The molecule has 92 valence electrons. The molecule has 1 fully saturated rings. The van der Waals surface area contributed by atoms with Gasteiger partial charge in [0, 0.05) is 6.54 Å². The third kappa shape index (κ3) is 3.27. The van der Waals surface area contributed by atoms with E-state index in [0.29, 0.717) is 0 Å². The molecule has 17 heavy (non-hydrogen) atoms. The molecule has 1 N–H and O–H groups in total. The second-order valence-corrected chi connectivity index (χ2v) is 4.78. The molecule has 0 atom stereocenters. The second-order valence-electron chi connectivity index (χ2n) is 4.78. The topological polar surface area (TPSA) is 53.4 Å².